The third kappa shape index (κ3) is 3.46. The maximum absolute atomic E-state index is 6.07. The standard InChI is InChI=1S/C15H18ClN3O/c1-4-19(12-7-5-6-11(2)8-12)15-9-13(16)17-14(18-15)10-20-3/h5-9H,4,10H2,1-3H3. The number of hydrogen-bond donors (Lipinski definition) is 0. The van der Waals surface area contributed by atoms with Gasteiger partial charge in [0.25, 0.3) is 0 Å². The number of aromatic nitrogens is 2. The fraction of sp³-hybridized carbons (Fsp3) is 0.333. The number of nitrogens with zero attached hydrogens (tertiary/aromatic N) is 3. The lowest BCUT2D eigenvalue weighted by Gasteiger charge is -2.23. The first-order valence-electron chi connectivity index (χ1n) is 6.50. The van der Waals surface area contributed by atoms with Crippen molar-refractivity contribution in [3.63, 3.8) is 0 Å². The monoisotopic (exact) mass is 291 g/mol. The van der Waals surface area contributed by atoms with Crippen molar-refractivity contribution in [3.05, 3.63) is 46.9 Å². The van der Waals surface area contributed by atoms with Crippen LogP contribution in [-0.2, 0) is 11.3 Å². The van der Waals surface area contributed by atoms with Crippen molar-refractivity contribution < 1.29 is 4.74 Å². The zero-order valence-electron chi connectivity index (χ0n) is 11.9. The summed E-state index contributed by atoms with van der Waals surface area (Å²) in [6.07, 6.45) is 0. The molecule has 0 saturated carbocycles. The van der Waals surface area contributed by atoms with Crippen LogP contribution in [-0.4, -0.2) is 23.6 Å². The predicted molar refractivity (Wildman–Crippen MR) is 81.6 cm³/mol. The van der Waals surface area contributed by atoms with Gasteiger partial charge >= 0.3 is 0 Å². The van der Waals surface area contributed by atoms with Gasteiger partial charge in [-0.05, 0) is 31.5 Å². The lowest BCUT2D eigenvalue weighted by molar-refractivity contribution is 0.178. The molecule has 0 fully saturated rings. The summed E-state index contributed by atoms with van der Waals surface area (Å²) < 4.78 is 5.07. The average Bonchev–Trinajstić information content (AvgIpc) is 2.39. The molecule has 0 aliphatic rings. The Kier molecular flexibility index (Phi) is 4.93. The van der Waals surface area contributed by atoms with E-state index in [4.69, 9.17) is 16.3 Å². The number of ether oxygens (including phenoxy) is 1. The highest BCUT2D eigenvalue weighted by molar-refractivity contribution is 6.29. The number of rotatable bonds is 5. The van der Waals surface area contributed by atoms with Crippen molar-refractivity contribution in [1.29, 1.82) is 0 Å². The molecule has 106 valence electrons. The van der Waals surface area contributed by atoms with E-state index in [-0.39, 0.29) is 0 Å². The smallest absolute Gasteiger partial charge is 0.158 e. The van der Waals surface area contributed by atoms with Crippen LogP contribution in [0, 0.1) is 6.92 Å². The molecule has 1 aromatic carbocycles. The molecule has 0 N–H and O–H groups in total. The SMILES string of the molecule is CCN(c1cccc(C)c1)c1cc(Cl)nc(COC)n1. The van der Waals surface area contributed by atoms with Crippen LogP contribution < -0.4 is 4.90 Å². The van der Waals surface area contributed by atoms with E-state index >= 15 is 0 Å². The molecule has 0 aliphatic carbocycles. The summed E-state index contributed by atoms with van der Waals surface area (Å²) in [6.45, 7) is 5.29. The van der Waals surface area contributed by atoms with Gasteiger partial charge < -0.3 is 9.64 Å². The van der Waals surface area contributed by atoms with Crippen molar-refractivity contribution in [2.45, 2.75) is 20.5 Å². The summed E-state index contributed by atoms with van der Waals surface area (Å²) in [7, 11) is 1.61. The van der Waals surface area contributed by atoms with Gasteiger partial charge in [-0.2, -0.15) is 0 Å². The van der Waals surface area contributed by atoms with Crippen LogP contribution >= 0.6 is 11.6 Å². The van der Waals surface area contributed by atoms with E-state index in [0.717, 1.165) is 18.1 Å². The molecule has 4 nitrogen and oxygen atoms in total. The highest BCUT2D eigenvalue weighted by Gasteiger charge is 2.12. The molecule has 0 atom stereocenters. The van der Waals surface area contributed by atoms with Crippen LogP contribution in [0.2, 0.25) is 5.15 Å². The van der Waals surface area contributed by atoms with Crippen molar-refractivity contribution in [1.82, 2.24) is 9.97 Å². The van der Waals surface area contributed by atoms with Gasteiger partial charge in [0.05, 0.1) is 0 Å². The summed E-state index contributed by atoms with van der Waals surface area (Å²) in [5.74, 6) is 1.37. The molecule has 2 aromatic rings. The van der Waals surface area contributed by atoms with Crippen LogP contribution in [0.25, 0.3) is 0 Å². The van der Waals surface area contributed by atoms with Crippen LogP contribution in [0.3, 0.4) is 0 Å². The third-order valence-electron chi connectivity index (χ3n) is 2.91. The minimum Gasteiger partial charge on any atom is -0.377 e. The zero-order chi connectivity index (χ0) is 14.5. The molecule has 0 spiro atoms. The Morgan fingerprint density at radius 2 is 2.05 bits per heavy atom. The van der Waals surface area contributed by atoms with Crippen LogP contribution in [0.15, 0.2) is 30.3 Å². The molecule has 0 amide bonds. The van der Waals surface area contributed by atoms with Gasteiger partial charge in [0.1, 0.15) is 17.6 Å². The first-order chi connectivity index (χ1) is 9.63. The van der Waals surface area contributed by atoms with E-state index < -0.39 is 0 Å². The Morgan fingerprint density at radius 3 is 2.70 bits per heavy atom. The lowest BCUT2D eigenvalue weighted by atomic mass is 10.2. The summed E-state index contributed by atoms with van der Waals surface area (Å²) in [5.41, 5.74) is 2.30. The molecule has 1 aromatic heterocycles. The van der Waals surface area contributed by atoms with Crippen LogP contribution in [0.1, 0.15) is 18.3 Å². The van der Waals surface area contributed by atoms with Gasteiger partial charge in [-0.25, -0.2) is 9.97 Å². The van der Waals surface area contributed by atoms with Crippen molar-refractivity contribution in [2.75, 3.05) is 18.6 Å². The average molecular weight is 292 g/mol. The predicted octanol–water partition coefficient (Wildman–Crippen LogP) is 3.74. The maximum atomic E-state index is 6.07. The molecule has 2 rings (SSSR count). The Labute approximate surface area is 124 Å². The number of benzene rings is 1. The Morgan fingerprint density at radius 1 is 1.25 bits per heavy atom. The fourth-order valence-electron chi connectivity index (χ4n) is 2.06. The second kappa shape index (κ2) is 6.68. The number of anilines is 2. The molecule has 1 heterocycles. The van der Waals surface area contributed by atoms with Gasteiger partial charge in [-0.1, -0.05) is 23.7 Å². The maximum Gasteiger partial charge on any atom is 0.158 e. The highest BCUT2D eigenvalue weighted by atomic mass is 35.5. The normalized spacial score (nSPS) is 10.6. The van der Waals surface area contributed by atoms with Gasteiger partial charge in [0.2, 0.25) is 0 Å². The lowest BCUT2D eigenvalue weighted by Crippen LogP contribution is -2.18. The minimum atomic E-state index is 0.346. The number of methoxy groups -OCH3 is 1. The molecular formula is C15H18ClN3O. The van der Waals surface area contributed by atoms with E-state index in [0.29, 0.717) is 17.6 Å². The zero-order valence-corrected chi connectivity index (χ0v) is 12.7. The summed E-state index contributed by atoms with van der Waals surface area (Å²) in [6, 6.07) is 10.1. The largest absolute Gasteiger partial charge is 0.377 e. The molecule has 0 aliphatic heterocycles. The molecule has 0 bridgehead atoms. The summed E-state index contributed by atoms with van der Waals surface area (Å²) in [4.78, 5) is 10.8. The Balaban J connectivity index is 2.41. The van der Waals surface area contributed by atoms with Gasteiger partial charge in [-0.3, -0.25) is 0 Å². The van der Waals surface area contributed by atoms with E-state index in [2.05, 4.69) is 46.9 Å². The quantitative estimate of drug-likeness (QED) is 0.787. The third-order valence-corrected chi connectivity index (χ3v) is 3.10. The molecule has 0 radical (unpaired) electrons. The van der Waals surface area contributed by atoms with Crippen LogP contribution in [0.4, 0.5) is 11.5 Å². The van der Waals surface area contributed by atoms with Crippen LogP contribution in [0.5, 0.6) is 0 Å². The minimum absolute atomic E-state index is 0.346. The van der Waals surface area contributed by atoms with E-state index in [1.807, 2.05) is 6.07 Å². The summed E-state index contributed by atoms with van der Waals surface area (Å²) >= 11 is 6.07. The first-order valence-corrected chi connectivity index (χ1v) is 6.88. The highest BCUT2D eigenvalue weighted by Crippen LogP contribution is 2.25. The van der Waals surface area contributed by atoms with E-state index in [1.54, 1.807) is 13.2 Å². The molecule has 0 unspecified atom stereocenters. The first kappa shape index (κ1) is 14.8. The number of aryl methyl sites for hydroxylation is 1. The summed E-state index contributed by atoms with van der Waals surface area (Å²) in [5, 5.41) is 0.424. The van der Waals surface area contributed by atoms with Gasteiger partial charge in [0, 0.05) is 25.4 Å². The second-order valence-electron chi connectivity index (χ2n) is 4.48. The molecule has 0 saturated heterocycles. The topological polar surface area (TPSA) is 38.2 Å². The van der Waals surface area contributed by atoms with Gasteiger partial charge in [-0.15, -0.1) is 0 Å². The molecular weight excluding hydrogens is 274 g/mol. The fourth-order valence-corrected chi connectivity index (χ4v) is 2.25. The Bertz CT molecular complexity index is 589. The number of hydrogen-bond acceptors (Lipinski definition) is 4. The van der Waals surface area contributed by atoms with Crippen molar-refractivity contribution in [2.24, 2.45) is 0 Å². The number of halogens is 1. The van der Waals surface area contributed by atoms with Crippen molar-refractivity contribution in [3.8, 4) is 0 Å². The molecule has 20 heavy (non-hydrogen) atoms. The van der Waals surface area contributed by atoms with E-state index in [1.165, 1.54) is 5.56 Å². The molecule has 5 heteroatoms. The van der Waals surface area contributed by atoms with Gasteiger partial charge in [0.15, 0.2) is 5.82 Å². The van der Waals surface area contributed by atoms with E-state index in [9.17, 15) is 0 Å². The van der Waals surface area contributed by atoms with Crippen molar-refractivity contribution >= 4 is 23.1 Å². The second-order valence-corrected chi connectivity index (χ2v) is 4.87. The Hall–Kier alpha value is -1.65.